The first-order valence-electron chi connectivity index (χ1n) is 6.85. The summed E-state index contributed by atoms with van der Waals surface area (Å²) < 4.78 is 27.3. The summed E-state index contributed by atoms with van der Waals surface area (Å²) in [6.45, 7) is 7.91. The summed E-state index contributed by atoms with van der Waals surface area (Å²) in [5.74, 6) is -0.393. The highest BCUT2D eigenvalue weighted by Gasteiger charge is 2.23. The lowest BCUT2D eigenvalue weighted by Crippen LogP contribution is -2.01. The van der Waals surface area contributed by atoms with Crippen LogP contribution in [0, 0.1) is 0 Å². The van der Waals surface area contributed by atoms with Crippen LogP contribution in [-0.2, 0) is 23.1 Å². The average Bonchev–Trinajstić information content (AvgIpc) is 2.38. The largest absolute Gasteiger partial charge is 0.466 e. The third-order valence-corrected chi connectivity index (χ3v) is 4.57. The van der Waals surface area contributed by atoms with Crippen molar-refractivity contribution < 1.29 is 23.1 Å². The Hall–Kier alpha value is -1.16. The van der Waals surface area contributed by atoms with Crippen molar-refractivity contribution >= 4 is 13.6 Å². The molecule has 0 heterocycles. The second kappa shape index (κ2) is 10.6. The molecule has 0 saturated heterocycles. The van der Waals surface area contributed by atoms with Crippen molar-refractivity contribution in [3.8, 4) is 0 Å². The third kappa shape index (κ3) is 9.40. The van der Waals surface area contributed by atoms with E-state index in [0.29, 0.717) is 13.2 Å². The second-order valence-corrected chi connectivity index (χ2v) is 6.44. The first-order valence-corrected chi connectivity index (χ1v) is 8.57. The average molecular weight is 316 g/mol. The number of rotatable bonds is 9. The van der Waals surface area contributed by atoms with Crippen LogP contribution in [0.1, 0.15) is 27.7 Å². The summed E-state index contributed by atoms with van der Waals surface area (Å²) in [5.41, 5.74) is 1.64. The van der Waals surface area contributed by atoms with Gasteiger partial charge >= 0.3 is 13.6 Å². The lowest BCUT2D eigenvalue weighted by atomic mass is 10.2. The molecule has 0 aromatic rings. The summed E-state index contributed by atoms with van der Waals surface area (Å²) >= 11 is 0. The van der Waals surface area contributed by atoms with Gasteiger partial charge in [-0.3, -0.25) is 4.57 Å². The van der Waals surface area contributed by atoms with Crippen LogP contribution < -0.4 is 0 Å². The fourth-order valence-corrected chi connectivity index (χ4v) is 3.30. The Morgan fingerprint density at radius 2 is 1.71 bits per heavy atom. The summed E-state index contributed by atoms with van der Waals surface area (Å²) in [4.78, 5) is 11.0. The monoisotopic (exact) mass is 316 g/mol. The summed E-state index contributed by atoms with van der Waals surface area (Å²) in [5, 5.41) is 0. The minimum Gasteiger partial charge on any atom is -0.466 e. The van der Waals surface area contributed by atoms with Gasteiger partial charge in [-0.2, -0.15) is 0 Å². The zero-order valence-electron chi connectivity index (χ0n) is 13.4. The van der Waals surface area contributed by atoms with E-state index in [4.69, 9.17) is 9.05 Å². The van der Waals surface area contributed by atoms with Gasteiger partial charge in [0.25, 0.3) is 0 Å². The van der Waals surface area contributed by atoms with Crippen LogP contribution in [0.5, 0.6) is 0 Å². The number of hydrogen-bond donors (Lipinski definition) is 0. The molecule has 0 bridgehead atoms. The molecule has 6 heteroatoms. The van der Waals surface area contributed by atoms with Crippen molar-refractivity contribution in [2.75, 3.05) is 26.5 Å². The van der Waals surface area contributed by atoms with E-state index in [2.05, 4.69) is 4.74 Å². The number of methoxy groups -OCH3 is 1. The Labute approximate surface area is 127 Å². The number of carbonyl (C=O) groups is 1. The van der Waals surface area contributed by atoms with Crippen LogP contribution >= 0.6 is 7.60 Å². The van der Waals surface area contributed by atoms with Crippen LogP contribution in [0.15, 0.2) is 35.5 Å². The molecule has 0 atom stereocenters. The van der Waals surface area contributed by atoms with Crippen molar-refractivity contribution in [3.63, 3.8) is 0 Å². The fraction of sp³-hybridized carbons (Fsp3) is 0.533. The Kier molecular flexibility index (Phi) is 9.97. The number of carbonyl (C=O) groups excluding carboxylic acids is 1. The molecule has 0 rings (SSSR count). The van der Waals surface area contributed by atoms with E-state index in [-0.39, 0.29) is 6.16 Å². The van der Waals surface area contributed by atoms with E-state index >= 15 is 0 Å². The first-order chi connectivity index (χ1) is 9.86. The Morgan fingerprint density at radius 3 is 2.19 bits per heavy atom. The highest BCUT2D eigenvalue weighted by molar-refractivity contribution is 7.54. The summed E-state index contributed by atoms with van der Waals surface area (Å²) in [7, 11) is -1.73. The van der Waals surface area contributed by atoms with Gasteiger partial charge in [0.1, 0.15) is 0 Å². The van der Waals surface area contributed by atoms with Crippen molar-refractivity contribution in [1.29, 1.82) is 0 Å². The highest BCUT2D eigenvalue weighted by Crippen LogP contribution is 2.49. The lowest BCUT2D eigenvalue weighted by Gasteiger charge is -2.16. The fourth-order valence-electron chi connectivity index (χ4n) is 1.54. The number of ether oxygens (including phenoxy) is 1. The van der Waals surface area contributed by atoms with E-state index in [1.165, 1.54) is 13.2 Å². The van der Waals surface area contributed by atoms with Gasteiger partial charge in [0, 0.05) is 6.08 Å². The van der Waals surface area contributed by atoms with Crippen molar-refractivity contribution in [2.45, 2.75) is 27.7 Å². The standard InChI is InChI=1S/C15H25O5P/c1-6-19-21(17,20-7-2)12-14(4)10-8-9-13(3)11-15(16)18-5/h8-11H,6-7,12H2,1-5H3/b9-8+,13-11+,14-10+. The smallest absolute Gasteiger partial charge is 0.334 e. The molecular weight excluding hydrogens is 291 g/mol. The molecule has 0 aliphatic carbocycles. The number of hydrogen-bond acceptors (Lipinski definition) is 5. The third-order valence-electron chi connectivity index (χ3n) is 2.38. The highest BCUT2D eigenvalue weighted by atomic mass is 31.2. The summed E-state index contributed by atoms with van der Waals surface area (Å²) in [6.07, 6.45) is 7.02. The lowest BCUT2D eigenvalue weighted by molar-refractivity contribution is -0.134. The van der Waals surface area contributed by atoms with Crippen LogP contribution in [-0.4, -0.2) is 32.5 Å². The SMILES string of the molecule is CCOP(=O)(C/C(C)=C/C=C/C(C)=C/C(=O)OC)OCC. The predicted molar refractivity (Wildman–Crippen MR) is 84.4 cm³/mol. The van der Waals surface area contributed by atoms with Gasteiger partial charge in [0.2, 0.25) is 0 Å². The maximum atomic E-state index is 12.3. The van der Waals surface area contributed by atoms with Gasteiger partial charge < -0.3 is 13.8 Å². The molecule has 0 aromatic heterocycles. The predicted octanol–water partition coefficient (Wildman–Crippen LogP) is 3.87. The van der Waals surface area contributed by atoms with E-state index in [9.17, 15) is 9.36 Å². The number of esters is 1. The van der Waals surface area contributed by atoms with Crippen LogP contribution in [0.2, 0.25) is 0 Å². The topological polar surface area (TPSA) is 61.8 Å². The molecule has 0 fully saturated rings. The molecule has 120 valence electrons. The zero-order valence-corrected chi connectivity index (χ0v) is 14.3. The molecule has 0 unspecified atom stereocenters. The molecule has 0 amide bonds. The Bertz CT molecular complexity index is 453. The molecule has 21 heavy (non-hydrogen) atoms. The second-order valence-electron chi connectivity index (χ2n) is 4.39. The Morgan fingerprint density at radius 1 is 1.14 bits per heavy atom. The van der Waals surface area contributed by atoms with E-state index in [1.807, 2.05) is 13.0 Å². The van der Waals surface area contributed by atoms with Crippen molar-refractivity contribution in [2.24, 2.45) is 0 Å². The van der Waals surface area contributed by atoms with Gasteiger partial charge in [0.15, 0.2) is 0 Å². The first kappa shape index (κ1) is 19.8. The van der Waals surface area contributed by atoms with Crippen LogP contribution in [0.3, 0.4) is 0 Å². The maximum Gasteiger partial charge on any atom is 0.334 e. The number of allylic oxidation sites excluding steroid dienone is 5. The van der Waals surface area contributed by atoms with Gasteiger partial charge in [-0.1, -0.05) is 23.8 Å². The normalized spacial score (nSPS) is 13.8. The van der Waals surface area contributed by atoms with Gasteiger partial charge in [0.05, 0.1) is 26.5 Å². The minimum absolute atomic E-state index is 0.249. The van der Waals surface area contributed by atoms with Gasteiger partial charge in [-0.05, 0) is 33.3 Å². The molecule has 0 spiro atoms. The van der Waals surface area contributed by atoms with Crippen molar-refractivity contribution in [3.05, 3.63) is 35.5 Å². The molecule has 0 aliphatic rings. The van der Waals surface area contributed by atoms with E-state index in [1.54, 1.807) is 32.9 Å². The van der Waals surface area contributed by atoms with Gasteiger partial charge in [-0.25, -0.2) is 4.79 Å². The quantitative estimate of drug-likeness (QED) is 0.280. The minimum atomic E-state index is -3.06. The maximum absolute atomic E-state index is 12.3. The molecule has 0 radical (unpaired) electrons. The molecule has 0 saturated carbocycles. The molecule has 0 N–H and O–H groups in total. The molecule has 0 aromatic carbocycles. The molecule has 5 nitrogen and oxygen atoms in total. The molecular formula is C15H25O5P. The van der Waals surface area contributed by atoms with Crippen LogP contribution in [0.25, 0.3) is 0 Å². The van der Waals surface area contributed by atoms with Gasteiger partial charge in [-0.15, -0.1) is 0 Å². The van der Waals surface area contributed by atoms with Crippen LogP contribution in [0.4, 0.5) is 0 Å². The zero-order chi connectivity index (χ0) is 16.3. The van der Waals surface area contributed by atoms with E-state index < -0.39 is 13.6 Å². The van der Waals surface area contributed by atoms with Crippen molar-refractivity contribution in [1.82, 2.24) is 0 Å². The Balaban J connectivity index is 4.70. The van der Waals surface area contributed by atoms with E-state index in [0.717, 1.165) is 11.1 Å². The summed E-state index contributed by atoms with van der Waals surface area (Å²) in [6, 6.07) is 0. The molecule has 0 aliphatic heterocycles.